The van der Waals surface area contributed by atoms with Gasteiger partial charge in [-0.25, -0.2) is 0 Å². The van der Waals surface area contributed by atoms with Crippen molar-refractivity contribution in [2.45, 2.75) is 91.5 Å². The maximum absolute atomic E-state index is 3.75. The Hall–Kier alpha value is -0.0400. The van der Waals surface area contributed by atoms with Crippen molar-refractivity contribution in [1.29, 1.82) is 0 Å². The van der Waals surface area contributed by atoms with E-state index in [1.54, 1.807) is 0 Å². The van der Waals surface area contributed by atoms with Crippen LogP contribution in [0.15, 0.2) is 0 Å². The van der Waals surface area contributed by atoms with Crippen LogP contribution in [0.5, 0.6) is 0 Å². The van der Waals surface area contributed by atoms with Crippen molar-refractivity contribution in [1.82, 2.24) is 5.32 Å². The van der Waals surface area contributed by atoms with Gasteiger partial charge < -0.3 is 5.32 Å². The lowest BCUT2D eigenvalue weighted by atomic mass is 9.61. The van der Waals surface area contributed by atoms with E-state index in [0.29, 0.717) is 6.04 Å². The van der Waals surface area contributed by atoms with Crippen molar-refractivity contribution in [2.24, 2.45) is 29.6 Å². The molecule has 2 saturated carbocycles. The molecular formula is C20H39N. The molecular weight excluding hydrogens is 254 g/mol. The summed E-state index contributed by atoms with van der Waals surface area (Å²) in [7, 11) is 0. The quantitative estimate of drug-likeness (QED) is 0.668. The summed E-state index contributed by atoms with van der Waals surface area (Å²) in [6.07, 6.45) is 13.4. The summed E-state index contributed by atoms with van der Waals surface area (Å²) < 4.78 is 0. The van der Waals surface area contributed by atoms with E-state index in [2.05, 4.69) is 33.0 Å². The second kappa shape index (κ2) is 8.56. The Morgan fingerprint density at radius 1 is 0.857 bits per heavy atom. The van der Waals surface area contributed by atoms with Gasteiger partial charge in [-0.1, -0.05) is 66.2 Å². The van der Waals surface area contributed by atoms with Crippen LogP contribution in [-0.2, 0) is 0 Å². The molecule has 21 heavy (non-hydrogen) atoms. The first-order chi connectivity index (χ1) is 10.2. The van der Waals surface area contributed by atoms with E-state index < -0.39 is 0 Å². The molecule has 1 N–H and O–H groups in total. The molecule has 2 fully saturated rings. The summed E-state index contributed by atoms with van der Waals surface area (Å²) in [5.41, 5.74) is 0. The predicted octanol–water partition coefficient (Wildman–Crippen LogP) is 5.64. The summed E-state index contributed by atoms with van der Waals surface area (Å²) in [4.78, 5) is 0. The average Bonchev–Trinajstić information content (AvgIpc) is 2.52. The first kappa shape index (κ1) is 17.3. The maximum atomic E-state index is 3.75. The van der Waals surface area contributed by atoms with E-state index in [4.69, 9.17) is 0 Å². The monoisotopic (exact) mass is 293 g/mol. The Bertz CT molecular complexity index is 286. The molecule has 0 saturated heterocycles. The Morgan fingerprint density at radius 2 is 1.62 bits per heavy atom. The van der Waals surface area contributed by atoms with Gasteiger partial charge in [0.2, 0.25) is 0 Å². The Balaban J connectivity index is 2.04. The van der Waals surface area contributed by atoms with Gasteiger partial charge in [-0.2, -0.15) is 0 Å². The SMILES string of the molecule is CCC1CCC(CNC(C)C)C(C2CCCCC2CC)C1. The Labute approximate surface area is 133 Å². The summed E-state index contributed by atoms with van der Waals surface area (Å²) in [6.45, 7) is 10.7. The van der Waals surface area contributed by atoms with Crippen LogP contribution in [0.2, 0.25) is 0 Å². The van der Waals surface area contributed by atoms with E-state index >= 15 is 0 Å². The van der Waals surface area contributed by atoms with Crippen LogP contribution in [0, 0.1) is 29.6 Å². The van der Waals surface area contributed by atoms with Crippen LogP contribution < -0.4 is 5.32 Å². The molecule has 0 spiro atoms. The molecule has 5 unspecified atom stereocenters. The van der Waals surface area contributed by atoms with Gasteiger partial charge in [-0.05, 0) is 55.4 Å². The predicted molar refractivity (Wildman–Crippen MR) is 93.5 cm³/mol. The fourth-order valence-electron chi connectivity index (χ4n) is 5.20. The third kappa shape index (κ3) is 4.71. The molecule has 2 aliphatic carbocycles. The lowest BCUT2D eigenvalue weighted by molar-refractivity contribution is 0.0548. The van der Waals surface area contributed by atoms with Crippen LogP contribution in [0.1, 0.15) is 85.5 Å². The van der Waals surface area contributed by atoms with E-state index in [0.717, 1.165) is 29.6 Å². The van der Waals surface area contributed by atoms with Crippen LogP contribution in [0.4, 0.5) is 0 Å². The maximum Gasteiger partial charge on any atom is 0.00104 e. The van der Waals surface area contributed by atoms with Crippen molar-refractivity contribution in [2.75, 3.05) is 6.54 Å². The van der Waals surface area contributed by atoms with Crippen LogP contribution >= 0.6 is 0 Å². The number of hydrogen-bond donors (Lipinski definition) is 1. The van der Waals surface area contributed by atoms with Crippen LogP contribution in [0.25, 0.3) is 0 Å². The van der Waals surface area contributed by atoms with Gasteiger partial charge in [-0.3, -0.25) is 0 Å². The molecule has 0 amide bonds. The number of nitrogens with one attached hydrogen (secondary N) is 1. The lowest BCUT2D eigenvalue weighted by Crippen LogP contribution is -2.41. The van der Waals surface area contributed by atoms with Gasteiger partial charge in [-0.15, -0.1) is 0 Å². The Morgan fingerprint density at radius 3 is 2.29 bits per heavy atom. The van der Waals surface area contributed by atoms with Gasteiger partial charge in [0.1, 0.15) is 0 Å². The third-order valence-corrected chi connectivity index (χ3v) is 6.56. The highest BCUT2D eigenvalue weighted by Crippen LogP contribution is 2.47. The van der Waals surface area contributed by atoms with Gasteiger partial charge in [0.25, 0.3) is 0 Å². The highest BCUT2D eigenvalue weighted by Gasteiger charge is 2.38. The number of hydrogen-bond acceptors (Lipinski definition) is 1. The first-order valence-electron chi connectivity index (χ1n) is 9.89. The molecule has 0 radical (unpaired) electrons. The number of rotatable bonds is 6. The van der Waals surface area contributed by atoms with Gasteiger partial charge in [0, 0.05) is 6.04 Å². The lowest BCUT2D eigenvalue weighted by Gasteiger charge is -2.45. The van der Waals surface area contributed by atoms with E-state index in [9.17, 15) is 0 Å². The molecule has 0 aromatic heterocycles. The van der Waals surface area contributed by atoms with Crippen molar-refractivity contribution in [3.63, 3.8) is 0 Å². The largest absolute Gasteiger partial charge is 0.314 e. The van der Waals surface area contributed by atoms with Crippen LogP contribution in [-0.4, -0.2) is 12.6 Å². The van der Waals surface area contributed by atoms with Gasteiger partial charge in [0.05, 0.1) is 0 Å². The normalized spacial score (nSPS) is 37.9. The van der Waals surface area contributed by atoms with Crippen molar-refractivity contribution in [3.8, 4) is 0 Å². The topological polar surface area (TPSA) is 12.0 Å². The van der Waals surface area contributed by atoms with E-state index in [1.165, 1.54) is 64.3 Å². The smallest absolute Gasteiger partial charge is 0.00104 e. The van der Waals surface area contributed by atoms with Crippen molar-refractivity contribution < 1.29 is 0 Å². The molecule has 0 aromatic rings. The first-order valence-corrected chi connectivity index (χ1v) is 9.89. The minimum Gasteiger partial charge on any atom is -0.314 e. The standard InChI is InChI=1S/C20H39N/c1-5-16-11-12-18(14-21-15(3)4)20(13-16)19-10-8-7-9-17(19)6-2/h15-21H,5-14H2,1-4H3. The molecule has 5 atom stereocenters. The highest BCUT2D eigenvalue weighted by molar-refractivity contribution is 4.89. The molecule has 2 rings (SSSR count). The highest BCUT2D eigenvalue weighted by atomic mass is 14.9. The summed E-state index contributed by atoms with van der Waals surface area (Å²) in [5, 5.41) is 3.75. The fraction of sp³-hybridized carbons (Fsp3) is 1.00. The summed E-state index contributed by atoms with van der Waals surface area (Å²) in [6, 6.07) is 0.642. The summed E-state index contributed by atoms with van der Waals surface area (Å²) >= 11 is 0. The third-order valence-electron chi connectivity index (χ3n) is 6.56. The molecule has 0 heterocycles. The molecule has 1 nitrogen and oxygen atoms in total. The second-order valence-corrected chi connectivity index (χ2v) is 8.19. The molecule has 0 aromatic carbocycles. The molecule has 1 heteroatoms. The molecule has 2 aliphatic rings. The minimum atomic E-state index is 0.642. The molecule has 124 valence electrons. The summed E-state index contributed by atoms with van der Waals surface area (Å²) in [5.74, 6) is 5.05. The minimum absolute atomic E-state index is 0.642. The Kier molecular flexibility index (Phi) is 7.05. The average molecular weight is 294 g/mol. The second-order valence-electron chi connectivity index (χ2n) is 8.19. The van der Waals surface area contributed by atoms with E-state index in [1.807, 2.05) is 0 Å². The zero-order valence-electron chi connectivity index (χ0n) is 15.0. The van der Waals surface area contributed by atoms with Gasteiger partial charge >= 0.3 is 0 Å². The van der Waals surface area contributed by atoms with E-state index in [-0.39, 0.29) is 0 Å². The zero-order valence-corrected chi connectivity index (χ0v) is 15.0. The molecule has 0 bridgehead atoms. The molecule has 0 aliphatic heterocycles. The fourth-order valence-corrected chi connectivity index (χ4v) is 5.20. The van der Waals surface area contributed by atoms with Crippen molar-refractivity contribution >= 4 is 0 Å². The van der Waals surface area contributed by atoms with Crippen LogP contribution in [0.3, 0.4) is 0 Å². The van der Waals surface area contributed by atoms with Gasteiger partial charge in [0.15, 0.2) is 0 Å². The van der Waals surface area contributed by atoms with Crippen molar-refractivity contribution in [3.05, 3.63) is 0 Å². The zero-order chi connectivity index (χ0) is 15.2.